The first-order valence-corrected chi connectivity index (χ1v) is 7.13. The predicted octanol–water partition coefficient (Wildman–Crippen LogP) is 3.59. The van der Waals surface area contributed by atoms with E-state index in [2.05, 4.69) is 17.5 Å². The highest BCUT2D eigenvalue weighted by Gasteiger charge is 2.14. The monoisotopic (exact) mass is 291 g/mol. The van der Waals surface area contributed by atoms with Gasteiger partial charge in [-0.15, -0.1) is 0 Å². The Hall–Kier alpha value is -2.24. The van der Waals surface area contributed by atoms with Gasteiger partial charge in [0.25, 0.3) is 11.6 Å². The lowest BCUT2D eigenvalue weighted by molar-refractivity contribution is -0.385. The zero-order valence-corrected chi connectivity index (χ0v) is 12.5. The van der Waals surface area contributed by atoms with Crippen LogP contribution in [-0.4, -0.2) is 17.0 Å². The normalized spacial score (nSPS) is 10.8. The summed E-state index contributed by atoms with van der Waals surface area (Å²) in [5.74, 6) is -0.442. The van der Waals surface area contributed by atoms with Crippen molar-refractivity contribution in [2.24, 2.45) is 5.10 Å². The van der Waals surface area contributed by atoms with Crippen LogP contribution in [0.5, 0.6) is 0 Å². The Morgan fingerprint density at radius 1 is 1.38 bits per heavy atom. The highest BCUT2D eigenvalue weighted by Crippen LogP contribution is 2.19. The van der Waals surface area contributed by atoms with E-state index in [0.717, 1.165) is 19.3 Å². The molecule has 1 amide bonds. The zero-order chi connectivity index (χ0) is 15.7. The number of carbonyl (C=O) groups is 1. The molecule has 6 nitrogen and oxygen atoms in total. The molecule has 0 atom stereocenters. The maximum absolute atomic E-state index is 11.8. The molecule has 6 heteroatoms. The van der Waals surface area contributed by atoms with Crippen LogP contribution in [0.4, 0.5) is 5.69 Å². The summed E-state index contributed by atoms with van der Waals surface area (Å²) in [4.78, 5) is 22.1. The third-order valence-electron chi connectivity index (χ3n) is 3.11. The summed E-state index contributed by atoms with van der Waals surface area (Å²) in [6, 6.07) is 4.37. The summed E-state index contributed by atoms with van der Waals surface area (Å²) in [5.41, 5.74) is 3.08. The van der Waals surface area contributed by atoms with Gasteiger partial charge in [-0.25, -0.2) is 5.43 Å². The number of carbonyl (C=O) groups excluding carboxylic acids is 1. The van der Waals surface area contributed by atoms with Gasteiger partial charge >= 0.3 is 0 Å². The van der Waals surface area contributed by atoms with Gasteiger partial charge in [0.2, 0.25) is 0 Å². The number of amides is 1. The van der Waals surface area contributed by atoms with Crippen molar-refractivity contribution in [1.29, 1.82) is 0 Å². The molecule has 1 rings (SSSR count). The summed E-state index contributed by atoms with van der Waals surface area (Å²) in [5, 5.41) is 14.7. The number of nitro benzene ring substituents is 1. The lowest BCUT2D eigenvalue weighted by Crippen LogP contribution is -2.17. The van der Waals surface area contributed by atoms with E-state index in [0.29, 0.717) is 5.56 Å². The first-order chi connectivity index (χ1) is 10.1. The van der Waals surface area contributed by atoms with Crippen molar-refractivity contribution in [3.63, 3.8) is 0 Å². The van der Waals surface area contributed by atoms with E-state index in [1.165, 1.54) is 18.9 Å². The molecular formula is C15H21N3O3. The largest absolute Gasteiger partial charge is 0.273 e. The van der Waals surface area contributed by atoms with Gasteiger partial charge < -0.3 is 0 Å². The Kier molecular flexibility index (Phi) is 7.08. The summed E-state index contributed by atoms with van der Waals surface area (Å²) in [6.07, 6.45) is 7.06. The molecule has 0 aliphatic carbocycles. The van der Waals surface area contributed by atoms with Crippen LogP contribution in [0.3, 0.4) is 0 Å². The molecule has 0 spiro atoms. The van der Waals surface area contributed by atoms with Crippen molar-refractivity contribution in [3.8, 4) is 0 Å². The molecule has 0 radical (unpaired) electrons. The van der Waals surface area contributed by atoms with E-state index in [4.69, 9.17) is 0 Å². The van der Waals surface area contributed by atoms with Gasteiger partial charge in [0.15, 0.2) is 0 Å². The van der Waals surface area contributed by atoms with E-state index >= 15 is 0 Å². The SMILES string of the molecule is CCCCCC/C=N/NC(=O)c1ccc(C)c([N+](=O)[O-])c1. The van der Waals surface area contributed by atoms with Crippen LogP contribution in [0.25, 0.3) is 0 Å². The summed E-state index contributed by atoms with van der Waals surface area (Å²) in [7, 11) is 0. The fourth-order valence-corrected chi connectivity index (χ4v) is 1.84. The molecule has 0 saturated carbocycles. The summed E-state index contributed by atoms with van der Waals surface area (Å²) in [6.45, 7) is 3.78. The van der Waals surface area contributed by atoms with Crippen LogP contribution >= 0.6 is 0 Å². The van der Waals surface area contributed by atoms with Gasteiger partial charge in [0.05, 0.1) is 4.92 Å². The van der Waals surface area contributed by atoms with Gasteiger partial charge in [0, 0.05) is 23.4 Å². The quantitative estimate of drug-likeness (QED) is 0.344. The maximum atomic E-state index is 11.8. The molecule has 0 saturated heterocycles. The lowest BCUT2D eigenvalue weighted by atomic mass is 10.1. The summed E-state index contributed by atoms with van der Waals surface area (Å²) >= 11 is 0. The molecule has 1 aromatic rings. The smallest absolute Gasteiger partial charge is 0.267 e. The molecule has 21 heavy (non-hydrogen) atoms. The topological polar surface area (TPSA) is 84.6 Å². The van der Waals surface area contributed by atoms with Crippen molar-refractivity contribution in [2.75, 3.05) is 0 Å². The van der Waals surface area contributed by atoms with Gasteiger partial charge in [0.1, 0.15) is 0 Å². The standard InChI is InChI=1S/C15H21N3O3/c1-3-4-5-6-7-10-16-17-15(19)13-9-8-12(2)14(11-13)18(20)21/h8-11H,3-7H2,1-2H3,(H,17,19)/b16-10+. The Bertz CT molecular complexity index is 527. The highest BCUT2D eigenvalue weighted by atomic mass is 16.6. The average Bonchev–Trinajstić information content (AvgIpc) is 2.46. The Morgan fingerprint density at radius 2 is 2.14 bits per heavy atom. The predicted molar refractivity (Wildman–Crippen MR) is 82.6 cm³/mol. The van der Waals surface area contributed by atoms with Crippen LogP contribution in [0.2, 0.25) is 0 Å². The van der Waals surface area contributed by atoms with Crippen LogP contribution < -0.4 is 5.43 Å². The number of nitrogens with one attached hydrogen (secondary N) is 1. The molecule has 114 valence electrons. The number of nitro groups is 1. The van der Waals surface area contributed by atoms with Crippen LogP contribution in [0.1, 0.15) is 54.9 Å². The number of nitrogens with zero attached hydrogens (tertiary/aromatic N) is 2. The number of hydrazone groups is 1. The second kappa shape index (κ2) is 8.84. The molecule has 0 unspecified atom stereocenters. The van der Waals surface area contributed by atoms with E-state index in [1.807, 2.05) is 0 Å². The van der Waals surface area contributed by atoms with Crippen molar-refractivity contribution in [3.05, 3.63) is 39.4 Å². The molecule has 0 bridgehead atoms. The fourth-order valence-electron chi connectivity index (χ4n) is 1.84. The average molecular weight is 291 g/mol. The van der Waals surface area contributed by atoms with E-state index in [9.17, 15) is 14.9 Å². The maximum Gasteiger partial charge on any atom is 0.273 e. The van der Waals surface area contributed by atoms with Crippen LogP contribution in [0, 0.1) is 17.0 Å². The van der Waals surface area contributed by atoms with Crippen molar-refractivity contribution >= 4 is 17.8 Å². The Morgan fingerprint density at radius 3 is 2.81 bits per heavy atom. The second-order valence-corrected chi connectivity index (χ2v) is 4.86. The van der Waals surface area contributed by atoms with E-state index in [1.54, 1.807) is 25.3 Å². The molecule has 0 aliphatic heterocycles. The fraction of sp³-hybridized carbons (Fsp3) is 0.467. The van der Waals surface area contributed by atoms with Gasteiger partial charge in [-0.1, -0.05) is 32.3 Å². The minimum absolute atomic E-state index is 0.0637. The zero-order valence-electron chi connectivity index (χ0n) is 12.5. The Balaban J connectivity index is 2.50. The highest BCUT2D eigenvalue weighted by molar-refractivity contribution is 5.95. The lowest BCUT2D eigenvalue weighted by Gasteiger charge is -2.02. The molecule has 1 N–H and O–H groups in total. The third-order valence-corrected chi connectivity index (χ3v) is 3.11. The number of hydrogen-bond acceptors (Lipinski definition) is 4. The molecule has 1 aromatic carbocycles. The first-order valence-electron chi connectivity index (χ1n) is 7.13. The van der Waals surface area contributed by atoms with Crippen molar-refractivity contribution in [1.82, 2.24) is 5.43 Å². The van der Waals surface area contributed by atoms with Crippen molar-refractivity contribution < 1.29 is 9.72 Å². The molecule has 0 fully saturated rings. The third kappa shape index (κ3) is 5.72. The van der Waals surface area contributed by atoms with Gasteiger partial charge in [-0.2, -0.15) is 5.10 Å². The van der Waals surface area contributed by atoms with Crippen molar-refractivity contribution in [2.45, 2.75) is 46.0 Å². The second-order valence-electron chi connectivity index (χ2n) is 4.86. The Labute approximate surface area is 124 Å². The minimum atomic E-state index is -0.497. The number of hydrogen-bond donors (Lipinski definition) is 1. The van der Waals surface area contributed by atoms with E-state index < -0.39 is 10.8 Å². The number of aryl methyl sites for hydroxylation is 1. The summed E-state index contributed by atoms with van der Waals surface area (Å²) < 4.78 is 0. The number of unbranched alkanes of at least 4 members (excludes halogenated alkanes) is 4. The number of rotatable bonds is 8. The number of benzene rings is 1. The molecule has 0 heterocycles. The first kappa shape index (κ1) is 16.8. The van der Waals surface area contributed by atoms with Crippen LogP contribution in [0.15, 0.2) is 23.3 Å². The van der Waals surface area contributed by atoms with Gasteiger partial charge in [-0.3, -0.25) is 14.9 Å². The van der Waals surface area contributed by atoms with Crippen LogP contribution in [-0.2, 0) is 0 Å². The molecule has 0 aliphatic rings. The van der Waals surface area contributed by atoms with Gasteiger partial charge in [-0.05, 0) is 25.8 Å². The molecule has 0 aromatic heterocycles. The minimum Gasteiger partial charge on any atom is -0.267 e. The van der Waals surface area contributed by atoms with E-state index in [-0.39, 0.29) is 11.3 Å². The molecular weight excluding hydrogens is 270 g/mol.